The van der Waals surface area contributed by atoms with E-state index >= 15 is 0 Å². The number of anilines is 1. The van der Waals surface area contributed by atoms with Crippen LogP contribution in [0.25, 0.3) is 0 Å². The molecule has 106 valence electrons. The molecule has 0 amide bonds. The standard InChI is InChI=1S/C13H15N3O3S/c1-3-19-12-5-10(4-11(6-12)16(17)18)15-8-13-7-14-9(2)20-13/h4-7,15H,3,8H2,1-2H3. The first-order valence-electron chi connectivity index (χ1n) is 6.16. The van der Waals surface area contributed by atoms with Gasteiger partial charge < -0.3 is 10.1 Å². The van der Waals surface area contributed by atoms with Crippen molar-refractivity contribution in [3.05, 3.63) is 44.4 Å². The first-order chi connectivity index (χ1) is 9.58. The Bertz CT molecular complexity index is 613. The van der Waals surface area contributed by atoms with Crippen molar-refractivity contribution in [2.75, 3.05) is 11.9 Å². The molecule has 0 saturated carbocycles. The number of nitro groups is 1. The van der Waals surface area contributed by atoms with Crippen molar-refractivity contribution < 1.29 is 9.66 Å². The lowest BCUT2D eigenvalue weighted by atomic mass is 10.2. The average Bonchev–Trinajstić information content (AvgIpc) is 2.82. The molecule has 0 unspecified atom stereocenters. The van der Waals surface area contributed by atoms with Gasteiger partial charge >= 0.3 is 0 Å². The Morgan fingerprint density at radius 3 is 2.85 bits per heavy atom. The minimum absolute atomic E-state index is 0.0129. The molecular formula is C13H15N3O3S. The molecule has 6 nitrogen and oxygen atoms in total. The molecule has 0 saturated heterocycles. The molecule has 0 aliphatic heterocycles. The van der Waals surface area contributed by atoms with Crippen LogP contribution >= 0.6 is 11.3 Å². The second-order valence-corrected chi connectivity index (χ2v) is 5.42. The Labute approximate surface area is 120 Å². The summed E-state index contributed by atoms with van der Waals surface area (Å²) in [5, 5.41) is 15.1. The molecule has 0 atom stereocenters. The number of hydrogen-bond donors (Lipinski definition) is 1. The minimum Gasteiger partial charge on any atom is -0.494 e. The van der Waals surface area contributed by atoms with Crippen LogP contribution < -0.4 is 10.1 Å². The Kier molecular flexibility index (Phi) is 4.52. The molecule has 7 heteroatoms. The number of nitro benzene ring substituents is 1. The van der Waals surface area contributed by atoms with Crippen LogP contribution in [0.5, 0.6) is 5.75 Å². The number of nitrogens with one attached hydrogen (secondary N) is 1. The summed E-state index contributed by atoms with van der Waals surface area (Å²) in [4.78, 5) is 15.7. The van der Waals surface area contributed by atoms with E-state index in [2.05, 4.69) is 10.3 Å². The number of thiazole rings is 1. The summed E-state index contributed by atoms with van der Waals surface area (Å²) in [6.07, 6.45) is 1.80. The van der Waals surface area contributed by atoms with Gasteiger partial charge in [-0.3, -0.25) is 10.1 Å². The van der Waals surface area contributed by atoms with E-state index in [-0.39, 0.29) is 5.69 Å². The first kappa shape index (κ1) is 14.3. The Balaban J connectivity index is 2.15. The van der Waals surface area contributed by atoms with Crippen molar-refractivity contribution in [1.82, 2.24) is 4.98 Å². The van der Waals surface area contributed by atoms with Crippen LogP contribution in [0.3, 0.4) is 0 Å². The topological polar surface area (TPSA) is 77.3 Å². The lowest BCUT2D eigenvalue weighted by molar-refractivity contribution is -0.384. The second-order valence-electron chi connectivity index (χ2n) is 4.10. The van der Waals surface area contributed by atoms with Gasteiger partial charge in [0, 0.05) is 28.9 Å². The smallest absolute Gasteiger partial charge is 0.275 e. The van der Waals surface area contributed by atoms with Gasteiger partial charge in [0.25, 0.3) is 5.69 Å². The van der Waals surface area contributed by atoms with Gasteiger partial charge in [0.05, 0.1) is 29.1 Å². The van der Waals surface area contributed by atoms with Crippen molar-refractivity contribution >= 4 is 22.7 Å². The van der Waals surface area contributed by atoms with E-state index < -0.39 is 4.92 Å². The van der Waals surface area contributed by atoms with Crippen LogP contribution in [-0.2, 0) is 6.54 Å². The summed E-state index contributed by atoms with van der Waals surface area (Å²) >= 11 is 1.59. The van der Waals surface area contributed by atoms with Crippen molar-refractivity contribution in [3.63, 3.8) is 0 Å². The lowest BCUT2D eigenvalue weighted by Crippen LogP contribution is -2.00. The fourth-order valence-electron chi connectivity index (χ4n) is 1.72. The van der Waals surface area contributed by atoms with Crippen LogP contribution in [0.1, 0.15) is 16.8 Å². The van der Waals surface area contributed by atoms with E-state index in [0.29, 0.717) is 24.6 Å². The maximum atomic E-state index is 10.9. The van der Waals surface area contributed by atoms with E-state index in [1.54, 1.807) is 23.6 Å². The highest BCUT2D eigenvalue weighted by Gasteiger charge is 2.10. The fraction of sp³-hybridized carbons (Fsp3) is 0.308. The molecule has 0 radical (unpaired) electrons. The zero-order valence-corrected chi connectivity index (χ0v) is 12.1. The molecule has 1 heterocycles. The third kappa shape index (κ3) is 3.67. The third-order valence-corrected chi connectivity index (χ3v) is 3.46. The van der Waals surface area contributed by atoms with Crippen molar-refractivity contribution in [2.45, 2.75) is 20.4 Å². The highest BCUT2D eigenvalue weighted by Crippen LogP contribution is 2.26. The van der Waals surface area contributed by atoms with Crippen molar-refractivity contribution in [3.8, 4) is 5.75 Å². The summed E-state index contributed by atoms with van der Waals surface area (Å²) < 4.78 is 5.34. The SMILES string of the molecule is CCOc1cc(NCc2cnc(C)s2)cc([N+](=O)[O-])c1. The average molecular weight is 293 g/mol. The van der Waals surface area contributed by atoms with Gasteiger partial charge in [-0.25, -0.2) is 4.98 Å². The summed E-state index contributed by atoms with van der Waals surface area (Å²) in [5.41, 5.74) is 0.674. The Morgan fingerprint density at radius 1 is 1.45 bits per heavy atom. The summed E-state index contributed by atoms with van der Waals surface area (Å²) in [5.74, 6) is 0.490. The quantitative estimate of drug-likeness (QED) is 0.652. The third-order valence-electron chi connectivity index (χ3n) is 2.55. The summed E-state index contributed by atoms with van der Waals surface area (Å²) in [7, 11) is 0. The molecule has 2 rings (SSSR count). The maximum absolute atomic E-state index is 10.9. The van der Waals surface area contributed by atoms with Crippen molar-refractivity contribution in [2.24, 2.45) is 0 Å². The number of ether oxygens (including phenoxy) is 1. The molecule has 1 aromatic heterocycles. The number of aromatic nitrogens is 1. The van der Waals surface area contributed by atoms with Gasteiger partial charge in [-0.05, 0) is 13.8 Å². The molecule has 0 aliphatic rings. The van der Waals surface area contributed by atoms with Gasteiger partial charge in [0.15, 0.2) is 0 Å². The van der Waals surface area contributed by atoms with E-state index in [4.69, 9.17) is 4.74 Å². The van der Waals surface area contributed by atoms with Crippen molar-refractivity contribution in [1.29, 1.82) is 0 Å². The van der Waals surface area contributed by atoms with E-state index in [0.717, 1.165) is 9.88 Å². The number of nitrogens with zero attached hydrogens (tertiary/aromatic N) is 2. The van der Waals surface area contributed by atoms with Crippen LogP contribution in [-0.4, -0.2) is 16.5 Å². The van der Waals surface area contributed by atoms with E-state index in [1.807, 2.05) is 13.8 Å². The van der Waals surface area contributed by atoms with Gasteiger partial charge in [0.2, 0.25) is 0 Å². The van der Waals surface area contributed by atoms with Gasteiger partial charge in [-0.1, -0.05) is 0 Å². The molecule has 0 spiro atoms. The van der Waals surface area contributed by atoms with Crippen LogP contribution in [0, 0.1) is 17.0 Å². The van der Waals surface area contributed by atoms with E-state index in [1.165, 1.54) is 12.1 Å². The Hall–Kier alpha value is -2.15. The molecule has 1 aromatic carbocycles. The Morgan fingerprint density at radius 2 is 2.25 bits per heavy atom. The van der Waals surface area contributed by atoms with Gasteiger partial charge in [-0.2, -0.15) is 0 Å². The molecule has 0 fully saturated rings. The highest BCUT2D eigenvalue weighted by atomic mass is 32.1. The van der Waals surface area contributed by atoms with Crippen LogP contribution in [0.15, 0.2) is 24.4 Å². The van der Waals surface area contributed by atoms with Gasteiger partial charge in [-0.15, -0.1) is 11.3 Å². The normalized spacial score (nSPS) is 10.3. The minimum atomic E-state index is -0.426. The lowest BCUT2D eigenvalue weighted by Gasteiger charge is -2.08. The monoisotopic (exact) mass is 293 g/mol. The molecule has 20 heavy (non-hydrogen) atoms. The summed E-state index contributed by atoms with van der Waals surface area (Å²) in [6.45, 7) is 4.83. The number of aryl methyl sites for hydroxylation is 1. The molecule has 0 aliphatic carbocycles. The first-order valence-corrected chi connectivity index (χ1v) is 6.97. The molecule has 0 bridgehead atoms. The largest absolute Gasteiger partial charge is 0.494 e. The predicted octanol–water partition coefficient (Wildman–Crippen LogP) is 3.37. The zero-order valence-electron chi connectivity index (χ0n) is 11.3. The zero-order chi connectivity index (χ0) is 14.5. The molecule has 1 N–H and O–H groups in total. The fourth-order valence-corrected chi connectivity index (χ4v) is 2.45. The highest BCUT2D eigenvalue weighted by molar-refractivity contribution is 7.11. The number of hydrogen-bond acceptors (Lipinski definition) is 6. The number of non-ortho nitro benzene ring substituents is 1. The van der Waals surface area contributed by atoms with Crippen LogP contribution in [0.4, 0.5) is 11.4 Å². The van der Waals surface area contributed by atoms with Crippen LogP contribution in [0.2, 0.25) is 0 Å². The number of benzene rings is 1. The predicted molar refractivity (Wildman–Crippen MR) is 78.4 cm³/mol. The maximum Gasteiger partial charge on any atom is 0.275 e. The molecule has 2 aromatic rings. The second kappa shape index (κ2) is 6.33. The number of rotatable bonds is 6. The van der Waals surface area contributed by atoms with Gasteiger partial charge in [0.1, 0.15) is 5.75 Å². The van der Waals surface area contributed by atoms with E-state index in [9.17, 15) is 10.1 Å². The summed E-state index contributed by atoms with van der Waals surface area (Å²) in [6, 6.07) is 4.67. The molecular weight excluding hydrogens is 278 g/mol.